The SMILES string of the molecule is C#CCOC(=O)C(C)(C)CC(C)(CC)C(=O)NCC(C)O.CCCCCCCCCCn1cc(COC(=O)C(C)(C)CC(C)(CC(C)(CC(C)(CC(C)(CC)C(=O)NCC(C)O)C(=O)OCc2cn(CCOCCOCCOCCNS(=O)(=O)c3cccc(C4CN(C)Cc5c(Cl)cc(Cl)cc54)c3)nn2)C(=O)OCc2cn(CCOCCOCCOCCOC)nn2)C(=O)OCc2cn(CCNC(=O)CCN(C)C)nn2)nn1. The molecule has 1 aliphatic heterocycles. The van der Waals surface area contributed by atoms with Crippen molar-refractivity contribution in [2.75, 3.05) is 160 Å². The first kappa shape index (κ1) is 127. The lowest BCUT2D eigenvalue weighted by Crippen LogP contribution is -2.50. The van der Waals surface area contributed by atoms with Crippen LogP contribution in [0.15, 0.2) is 66.1 Å². The van der Waals surface area contributed by atoms with Crippen LogP contribution in [-0.2, 0) is 164 Å². The van der Waals surface area contributed by atoms with Gasteiger partial charge in [-0.2, -0.15) is 0 Å². The van der Waals surface area contributed by atoms with E-state index in [1.54, 1.807) is 137 Å². The van der Waals surface area contributed by atoms with Gasteiger partial charge in [0.25, 0.3) is 0 Å². The molecule has 3 amide bonds. The fraction of sp³-hybridized carbons (Fsp3) is 0.709. The number of fused-ring (bicyclic) bond motifs is 1. The Balaban J connectivity index is 0.00000142. The zero-order valence-corrected chi connectivity index (χ0v) is 92.5. The highest BCUT2D eigenvalue weighted by molar-refractivity contribution is 7.89. The number of carbonyl (C=O) groups excluding carboxylic acids is 8. The highest BCUT2D eigenvalue weighted by atomic mass is 35.5. The molecule has 42 nitrogen and oxygen atoms in total. The summed E-state index contributed by atoms with van der Waals surface area (Å²) < 4.78 is 105. The van der Waals surface area contributed by atoms with Crippen molar-refractivity contribution in [2.24, 2.45) is 37.9 Å². The molecule has 0 saturated heterocycles. The number of aliphatic hydroxyl groups is 2. The van der Waals surface area contributed by atoms with Crippen molar-refractivity contribution in [3.8, 4) is 12.3 Å². The lowest BCUT2D eigenvalue weighted by molar-refractivity contribution is -0.175. The summed E-state index contributed by atoms with van der Waals surface area (Å²) in [5.74, 6) is -2.50. The van der Waals surface area contributed by atoms with Crippen molar-refractivity contribution in [2.45, 2.75) is 282 Å². The van der Waals surface area contributed by atoms with Crippen LogP contribution in [0.2, 0.25) is 10.0 Å². The number of nitrogens with zero attached hydrogens (tertiary/aromatic N) is 14. The van der Waals surface area contributed by atoms with Crippen molar-refractivity contribution in [1.29, 1.82) is 0 Å². The summed E-state index contributed by atoms with van der Waals surface area (Å²) >= 11 is 13.0. The lowest BCUT2D eigenvalue weighted by Gasteiger charge is -2.44. The number of aryl methyl sites for hydroxylation is 1. The van der Waals surface area contributed by atoms with Gasteiger partial charge in [0.05, 0.1) is 174 Å². The third kappa shape index (κ3) is 44.7. The molecule has 5 heterocycles. The van der Waals surface area contributed by atoms with Gasteiger partial charge in [0.15, 0.2) is 6.61 Å². The number of benzene rings is 2. The van der Waals surface area contributed by atoms with Gasteiger partial charge in [-0.1, -0.05) is 142 Å². The van der Waals surface area contributed by atoms with Crippen molar-refractivity contribution >= 4 is 80.8 Å². The number of nitrogens with one attached hydrogen (secondary N) is 4. The standard InChI is InChI=1S/C87H137Cl2N17O20S.C16H27NO4/c1-14-16-17-18-19-20-21-22-29-103-51-68(93-97-103)57-123-79(110)83(4,5)61-85(7,80(111)124-58-69-52-104(98-94-69)31-27-90-77(108)26-30-101(10)11)63-87(9,82(113)126-60-71-54-106(100-96-71)33-36-119-41-44-122-46-45-120-38-37-116-13)64-86(8,62-84(6,15-2)78(109)91-50-65(3)107)81(112)125-59-70-53-105(99-95-70)32-35-118-40-43-121-42-39-117-34-28-92-127(114,115)72-25-23-24-66(47-72)74-55-102(12)56-75-73(74)48-67(88)49-76(75)89;1-7-9-21-14(20)15(4,5)11-16(6,8-2)13(19)17-10-12(3)18/h23-25,47-49,51-54,65,74,92,107H,14-22,26-46,50,55-64H2,1-13H3,(H,90,108)(H,91,109);1,12,18H,8-11H2,2-6H3,(H,17,19). The second-order valence-corrected chi connectivity index (χ2v) is 43.6. The van der Waals surface area contributed by atoms with E-state index in [2.05, 4.69) is 79.7 Å². The number of unbranched alkanes of at least 4 members (excludes halogenated alkanes) is 7. The maximum atomic E-state index is 15.8. The molecule has 2 aromatic carbocycles. The average molecular weight is 2140 g/mol. The van der Waals surface area contributed by atoms with Crippen LogP contribution >= 0.6 is 23.2 Å². The number of ether oxygens (including phenoxy) is 12. The smallest absolute Gasteiger partial charge is 0.312 e. The number of halogens is 2. The molecule has 148 heavy (non-hydrogen) atoms. The van der Waals surface area contributed by atoms with Crippen molar-refractivity contribution in [3.63, 3.8) is 0 Å². The molecule has 0 saturated carbocycles. The maximum Gasteiger partial charge on any atom is 0.312 e. The molecule has 6 aromatic rings. The predicted octanol–water partition coefficient (Wildman–Crippen LogP) is 10.2. The molecular formula is C103H164Cl2N18O24S. The highest BCUT2D eigenvalue weighted by Crippen LogP contribution is 2.53. The number of aliphatic hydroxyl groups excluding tert-OH is 2. The number of methoxy groups -OCH3 is 1. The van der Waals surface area contributed by atoms with Crippen LogP contribution in [0.5, 0.6) is 0 Å². The molecule has 4 aromatic heterocycles. The number of hydrogen-bond acceptors (Lipinski definition) is 34. The molecule has 6 N–H and O–H groups in total. The lowest BCUT2D eigenvalue weighted by atomic mass is 9.59. The summed E-state index contributed by atoms with van der Waals surface area (Å²) in [4.78, 5) is 117. The Bertz CT molecular complexity index is 5210. The van der Waals surface area contributed by atoms with Crippen LogP contribution in [0.25, 0.3) is 0 Å². The first-order valence-electron chi connectivity index (χ1n) is 51.1. The first-order chi connectivity index (χ1) is 70.2. The third-order valence-electron chi connectivity index (χ3n) is 25.5. The van der Waals surface area contributed by atoms with Crippen molar-refractivity contribution in [1.82, 2.24) is 90.4 Å². The second kappa shape index (κ2) is 64.3. The molecule has 45 heteroatoms. The Morgan fingerprint density at radius 3 is 1.36 bits per heavy atom. The van der Waals surface area contributed by atoms with Gasteiger partial charge in [-0.25, -0.2) is 22.5 Å². The van der Waals surface area contributed by atoms with Gasteiger partial charge in [-0.15, -0.1) is 26.8 Å². The minimum absolute atomic E-state index is 0.0287. The monoisotopic (exact) mass is 2140 g/mol. The molecule has 8 unspecified atom stereocenters. The molecule has 0 fully saturated rings. The van der Waals surface area contributed by atoms with Crippen LogP contribution in [0.1, 0.15) is 245 Å². The summed E-state index contributed by atoms with van der Waals surface area (Å²) in [6.07, 6.45) is 18.9. The summed E-state index contributed by atoms with van der Waals surface area (Å²) in [6.45, 7) is 29.5. The molecule has 0 aliphatic carbocycles. The molecule has 0 radical (unpaired) electrons. The number of likely N-dealkylation sites (N-methyl/N-ethyl adjacent to an activating group) is 1. The number of aromatic nitrogens is 12. The Hall–Kier alpha value is -9.63. The van der Waals surface area contributed by atoms with Crippen LogP contribution in [0.4, 0.5) is 0 Å². The number of hydrogen-bond donors (Lipinski definition) is 6. The topological polar surface area (TPSA) is 499 Å². The minimum atomic E-state index is -3.88. The van der Waals surface area contributed by atoms with Gasteiger partial charge in [0.1, 0.15) is 49.2 Å². The molecule has 7 rings (SSSR count). The van der Waals surface area contributed by atoms with Crippen molar-refractivity contribution < 1.29 is 114 Å². The van der Waals surface area contributed by atoms with E-state index in [0.29, 0.717) is 101 Å². The van der Waals surface area contributed by atoms with E-state index in [-0.39, 0.29) is 164 Å². The molecule has 830 valence electrons. The third-order valence-corrected chi connectivity index (χ3v) is 27.6. The van der Waals surface area contributed by atoms with Crippen LogP contribution in [-0.4, -0.2) is 308 Å². The molecule has 1 aliphatic rings. The van der Waals surface area contributed by atoms with E-state index >= 15 is 14.4 Å². The first-order valence-corrected chi connectivity index (χ1v) is 53.3. The Kier molecular flexibility index (Phi) is 55.2. The van der Waals surface area contributed by atoms with E-state index in [9.17, 15) is 42.6 Å². The van der Waals surface area contributed by atoms with Gasteiger partial charge in [-0.3, -0.25) is 47.7 Å². The summed E-state index contributed by atoms with van der Waals surface area (Å²) in [7, 11) is 3.46. The van der Waals surface area contributed by atoms with Gasteiger partial charge in [-0.05, 0) is 176 Å². The summed E-state index contributed by atoms with van der Waals surface area (Å²) in [5, 5.41) is 63.3. The zero-order valence-electron chi connectivity index (χ0n) is 90.2. The van der Waals surface area contributed by atoms with E-state index < -0.39 is 129 Å². The van der Waals surface area contributed by atoms with Gasteiger partial charge in [0.2, 0.25) is 27.7 Å². The fourth-order valence-electron chi connectivity index (χ4n) is 17.6. The maximum absolute atomic E-state index is 15.8. The Morgan fingerprint density at radius 1 is 0.507 bits per heavy atom. The fourth-order valence-corrected chi connectivity index (χ4v) is 19.2. The van der Waals surface area contributed by atoms with Crippen LogP contribution < -0.4 is 20.7 Å². The molecule has 0 bridgehead atoms. The van der Waals surface area contributed by atoms with Crippen LogP contribution in [0.3, 0.4) is 0 Å². The van der Waals surface area contributed by atoms with E-state index in [1.807, 2.05) is 45.1 Å². The second-order valence-electron chi connectivity index (χ2n) is 41.0. The molecule has 8 atom stereocenters. The van der Waals surface area contributed by atoms with Gasteiger partial charge >= 0.3 is 29.8 Å². The van der Waals surface area contributed by atoms with E-state index in [0.717, 1.165) is 36.0 Å². The predicted molar refractivity (Wildman–Crippen MR) is 552 cm³/mol. The normalized spacial score (nSPS) is 15.4. The average Bonchev–Trinajstić information content (AvgIpc) is 0.973. The summed E-state index contributed by atoms with van der Waals surface area (Å²) in [5.41, 5.74) is -6.20. The van der Waals surface area contributed by atoms with Gasteiger partial charge in [0, 0.05) is 92.7 Å². The molecule has 0 spiro atoms. The number of amides is 3. The Morgan fingerprint density at radius 2 is 0.912 bits per heavy atom. The van der Waals surface area contributed by atoms with Crippen LogP contribution in [0, 0.1) is 50.2 Å². The number of terminal acetylenes is 1. The van der Waals surface area contributed by atoms with Gasteiger partial charge < -0.3 is 92.8 Å². The Labute approximate surface area is 883 Å². The minimum Gasteiger partial charge on any atom is -0.459 e. The number of rotatable bonds is 74. The number of sulfonamides is 1. The highest BCUT2D eigenvalue weighted by Gasteiger charge is 2.56. The largest absolute Gasteiger partial charge is 0.459 e. The number of carbonyl (C=O) groups is 8. The van der Waals surface area contributed by atoms with E-state index in [1.165, 1.54) is 53.1 Å². The van der Waals surface area contributed by atoms with Crippen molar-refractivity contribution in [3.05, 3.63) is 111 Å². The zero-order chi connectivity index (χ0) is 109. The number of esters is 5. The quantitative estimate of drug-likeness (QED) is 0.00894. The summed E-state index contributed by atoms with van der Waals surface area (Å²) in [6, 6.07) is 10.5. The molecular weight excluding hydrogens is 1980 g/mol. The van der Waals surface area contributed by atoms with E-state index in [4.69, 9.17) is 86.5 Å².